The van der Waals surface area contributed by atoms with Gasteiger partial charge in [0.2, 0.25) is 0 Å². The van der Waals surface area contributed by atoms with Crippen molar-refractivity contribution < 1.29 is 9.53 Å². The van der Waals surface area contributed by atoms with Crippen LogP contribution >= 0.6 is 11.6 Å². The van der Waals surface area contributed by atoms with E-state index >= 15 is 0 Å². The zero-order chi connectivity index (χ0) is 11.3. The van der Waals surface area contributed by atoms with Gasteiger partial charge in [0.1, 0.15) is 5.75 Å². The molecule has 0 aromatic heterocycles. The molecule has 0 aliphatic heterocycles. The SMILES string of the molecule is C=CCCC(=O)c1cc(OC)ccc1Cl. The van der Waals surface area contributed by atoms with E-state index in [0.717, 1.165) is 0 Å². The van der Waals surface area contributed by atoms with Gasteiger partial charge in [0.25, 0.3) is 0 Å². The first kappa shape index (κ1) is 11.8. The minimum absolute atomic E-state index is 0.0128. The molecule has 0 bridgehead atoms. The van der Waals surface area contributed by atoms with E-state index in [1.54, 1.807) is 31.4 Å². The number of allylic oxidation sites excluding steroid dienone is 1. The van der Waals surface area contributed by atoms with Gasteiger partial charge in [-0.25, -0.2) is 0 Å². The molecule has 1 rings (SSSR count). The van der Waals surface area contributed by atoms with Gasteiger partial charge >= 0.3 is 0 Å². The zero-order valence-corrected chi connectivity index (χ0v) is 9.38. The van der Waals surface area contributed by atoms with Crippen LogP contribution in [0.3, 0.4) is 0 Å². The summed E-state index contributed by atoms with van der Waals surface area (Å²) in [5, 5.41) is 0.463. The lowest BCUT2D eigenvalue weighted by Crippen LogP contribution is -2.00. The Hall–Kier alpha value is -1.28. The Morgan fingerprint density at radius 1 is 1.60 bits per heavy atom. The van der Waals surface area contributed by atoms with E-state index in [1.165, 1.54) is 0 Å². The number of methoxy groups -OCH3 is 1. The Kier molecular flexibility index (Phi) is 4.37. The molecule has 1 aromatic rings. The molecule has 80 valence electrons. The summed E-state index contributed by atoms with van der Waals surface area (Å²) in [6, 6.07) is 5.06. The smallest absolute Gasteiger partial charge is 0.164 e. The summed E-state index contributed by atoms with van der Waals surface area (Å²) in [7, 11) is 1.56. The molecule has 0 aliphatic rings. The van der Waals surface area contributed by atoms with Crippen LogP contribution in [-0.4, -0.2) is 12.9 Å². The van der Waals surface area contributed by atoms with Crippen molar-refractivity contribution in [2.45, 2.75) is 12.8 Å². The number of rotatable bonds is 5. The van der Waals surface area contributed by atoms with Crippen LogP contribution in [-0.2, 0) is 0 Å². The third kappa shape index (κ3) is 3.10. The monoisotopic (exact) mass is 224 g/mol. The minimum atomic E-state index is 0.0128. The fourth-order valence-electron chi connectivity index (χ4n) is 1.21. The number of Topliss-reactive ketones (excluding diaryl/α,β-unsaturated/α-hetero) is 1. The van der Waals surface area contributed by atoms with Gasteiger partial charge in [0.15, 0.2) is 5.78 Å². The zero-order valence-electron chi connectivity index (χ0n) is 8.63. The molecule has 0 spiro atoms. The average Bonchev–Trinajstić information content (AvgIpc) is 2.26. The van der Waals surface area contributed by atoms with Crippen molar-refractivity contribution in [2.24, 2.45) is 0 Å². The van der Waals surface area contributed by atoms with Gasteiger partial charge in [-0.2, -0.15) is 0 Å². The van der Waals surface area contributed by atoms with Crippen LogP contribution in [0, 0.1) is 0 Å². The predicted octanol–water partition coefficient (Wildman–Crippen LogP) is 3.50. The van der Waals surface area contributed by atoms with Crippen molar-refractivity contribution in [2.75, 3.05) is 7.11 Å². The summed E-state index contributed by atoms with van der Waals surface area (Å²) < 4.78 is 5.03. The van der Waals surface area contributed by atoms with Gasteiger partial charge in [-0.15, -0.1) is 6.58 Å². The molecule has 0 N–H and O–H groups in total. The fourth-order valence-corrected chi connectivity index (χ4v) is 1.44. The van der Waals surface area contributed by atoms with Crippen molar-refractivity contribution in [3.63, 3.8) is 0 Å². The Balaban J connectivity index is 2.91. The topological polar surface area (TPSA) is 26.3 Å². The molecular formula is C12H13ClO2. The van der Waals surface area contributed by atoms with Crippen LogP contribution in [0.25, 0.3) is 0 Å². The first-order chi connectivity index (χ1) is 7.19. The van der Waals surface area contributed by atoms with E-state index in [4.69, 9.17) is 16.3 Å². The summed E-state index contributed by atoms with van der Waals surface area (Å²) in [5.41, 5.74) is 0.512. The standard InChI is InChI=1S/C12H13ClO2/c1-3-4-5-12(14)10-8-9(15-2)6-7-11(10)13/h3,6-8H,1,4-5H2,2H3. The van der Waals surface area contributed by atoms with Gasteiger partial charge < -0.3 is 4.74 Å². The van der Waals surface area contributed by atoms with Crippen molar-refractivity contribution in [3.8, 4) is 5.75 Å². The van der Waals surface area contributed by atoms with Crippen molar-refractivity contribution >= 4 is 17.4 Å². The molecular weight excluding hydrogens is 212 g/mol. The average molecular weight is 225 g/mol. The van der Waals surface area contributed by atoms with Crippen LogP contribution in [0.4, 0.5) is 0 Å². The maximum atomic E-state index is 11.7. The number of carbonyl (C=O) groups is 1. The number of ketones is 1. The Morgan fingerprint density at radius 2 is 2.33 bits per heavy atom. The van der Waals surface area contributed by atoms with Crippen molar-refractivity contribution in [1.82, 2.24) is 0 Å². The molecule has 0 saturated heterocycles. The number of hydrogen-bond acceptors (Lipinski definition) is 2. The largest absolute Gasteiger partial charge is 0.497 e. The summed E-state index contributed by atoms with van der Waals surface area (Å²) in [5.74, 6) is 0.653. The number of halogens is 1. The molecule has 0 unspecified atom stereocenters. The highest BCUT2D eigenvalue weighted by Gasteiger charge is 2.10. The van der Waals surface area contributed by atoms with Gasteiger partial charge in [-0.3, -0.25) is 4.79 Å². The number of hydrogen-bond donors (Lipinski definition) is 0. The number of carbonyl (C=O) groups excluding carboxylic acids is 1. The van der Waals surface area contributed by atoms with Crippen molar-refractivity contribution in [1.29, 1.82) is 0 Å². The lowest BCUT2D eigenvalue weighted by Gasteiger charge is -2.05. The highest BCUT2D eigenvalue weighted by molar-refractivity contribution is 6.34. The molecule has 2 nitrogen and oxygen atoms in total. The number of ether oxygens (including phenoxy) is 1. The first-order valence-corrected chi connectivity index (χ1v) is 5.04. The first-order valence-electron chi connectivity index (χ1n) is 4.66. The molecule has 0 atom stereocenters. The Labute approximate surface area is 94.5 Å². The molecule has 15 heavy (non-hydrogen) atoms. The van der Waals surface area contributed by atoms with E-state index in [-0.39, 0.29) is 5.78 Å². The second-order valence-corrected chi connectivity index (χ2v) is 3.50. The normalized spacial score (nSPS) is 9.73. The van der Waals surface area contributed by atoms with Crippen molar-refractivity contribution in [3.05, 3.63) is 41.4 Å². The van der Waals surface area contributed by atoms with E-state index in [9.17, 15) is 4.79 Å². The van der Waals surface area contributed by atoms with Gasteiger partial charge in [-0.05, 0) is 24.6 Å². The van der Waals surface area contributed by atoms with Crippen LogP contribution in [0.5, 0.6) is 5.75 Å². The summed E-state index contributed by atoms with van der Waals surface area (Å²) in [4.78, 5) is 11.7. The molecule has 3 heteroatoms. The van der Waals surface area contributed by atoms with Gasteiger partial charge in [-0.1, -0.05) is 17.7 Å². The second-order valence-electron chi connectivity index (χ2n) is 3.10. The highest BCUT2D eigenvalue weighted by atomic mass is 35.5. The molecule has 0 amide bonds. The van der Waals surface area contributed by atoms with Crippen LogP contribution in [0.2, 0.25) is 5.02 Å². The van der Waals surface area contributed by atoms with Crippen LogP contribution < -0.4 is 4.74 Å². The minimum Gasteiger partial charge on any atom is -0.497 e. The number of benzene rings is 1. The fraction of sp³-hybridized carbons (Fsp3) is 0.250. The highest BCUT2D eigenvalue weighted by Crippen LogP contribution is 2.23. The third-order valence-corrected chi connectivity index (χ3v) is 2.38. The molecule has 0 aliphatic carbocycles. The maximum absolute atomic E-state index is 11.7. The van der Waals surface area contributed by atoms with Gasteiger partial charge in [0, 0.05) is 12.0 Å². The molecule has 0 radical (unpaired) electrons. The molecule has 0 heterocycles. The second kappa shape index (κ2) is 5.56. The molecule has 0 fully saturated rings. The van der Waals surface area contributed by atoms with E-state index in [0.29, 0.717) is 29.2 Å². The summed E-state index contributed by atoms with van der Waals surface area (Å²) in [6.45, 7) is 3.57. The van der Waals surface area contributed by atoms with Gasteiger partial charge in [0.05, 0.1) is 12.1 Å². The Morgan fingerprint density at radius 3 is 2.93 bits per heavy atom. The lowest BCUT2D eigenvalue weighted by molar-refractivity contribution is 0.0983. The van der Waals surface area contributed by atoms with E-state index in [2.05, 4.69) is 6.58 Å². The Bertz CT molecular complexity index is 372. The summed E-state index contributed by atoms with van der Waals surface area (Å²) >= 11 is 5.92. The van der Waals surface area contributed by atoms with E-state index < -0.39 is 0 Å². The molecule has 1 aromatic carbocycles. The summed E-state index contributed by atoms with van der Waals surface area (Å²) in [6.07, 6.45) is 2.80. The lowest BCUT2D eigenvalue weighted by atomic mass is 10.1. The van der Waals surface area contributed by atoms with Crippen LogP contribution in [0.1, 0.15) is 23.2 Å². The van der Waals surface area contributed by atoms with E-state index in [1.807, 2.05) is 0 Å². The molecule has 0 saturated carbocycles. The third-order valence-electron chi connectivity index (χ3n) is 2.05. The maximum Gasteiger partial charge on any atom is 0.164 e. The quantitative estimate of drug-likeness (QED) is 0.565. The van der Waals surface area contributed by atoms with Crippen LogP contribution in [0.15, 0.2) is 30.9 Å². The predicted molar refractivity (Wildman–Crippen MR) is 61.8 cm³/mol.